The molecule has 25 heavy (non-hydrogen) atoms. The third-order valence-electron chi connectivity index (χ3n) is 3.52. The van der Waals surface area contributed by atoms with Crippen LogP contribution in [0.25, 0.3) is 16.7 Å². The van der Waals surface area contributed by atoms with E-state index in [0.717, 1.165) is 28.2 Å². The van der Waals surface area contributed by atoms with Gasteiger partial charge in [-0.05, 0) is 18.6 Å². The van der Waals surface area contributed by atoms with E-state index in [1.54, 1.807) is 18.0 Å². The van der Waals surface area contributed by atoms with Crippen molar-refractivity contribution in [3.05, 3.63) is 42.9 Å². The Labute approximate surface area is 149 Å². The maximum absolute atomic E-state index is 11.9. The lowest BCUT2D eigenvalue weighted by atomic mass is 10.3. The van der Waals surface area contributed by atoms with Gasteiger partial charge in [0, 0.05) is 20.3 Å². The fourth-order valence-corrected chi connectivity index (χ4v) is 3.12. The van der Waals surface area contributed by atoms with E-state index in [0.29, 0.717) is 18.9 Å². The molecule has 2 aromatic heterocycles. The van der Waals surface area contributed by atoms with Gasteiger partial charge in [0.15, 0.2) is 5.65 Å². The number of carbonyl (C=O) groups is 1. The van der Waals surface area contributed by atoms with Crippen molar-refractivity contribution in [2.45, 2.75) is 11.4 Å². The zero-order valence-electron chi connectivity index (χ0n) is 13.9. The van der Waals surface area contributed by atoms with Crippen molar-refractivity contribution in [1.29, 1.82) is 0 Å². The Kier molecular flexibility index (Phi) is 5.97. The quantitative estimate of drug-likeness (QED) is 0.377. The number of hydrogen-bond donors (Lipinski definition) is 1. The number of nitrogens with one attached hydrogen (secondary N) is 1. The number of benzene rings is 1. The van der Waals surface area contributed by atoms with E-state index >= 15 is 0 Å². The van der Waals surface area contributed by atoms with Crippen molar-refractivity contribution in [2.75, 3.05) is 26.0 Å². The number of carbonyl (C=O) groups excluding carboxylic acids is 1. The molecule has 0 saturated carbocycles. The number of fused-ring (bicyclic) bond motifs is 1. The first kappa shape index (κ1) is 17.4. The van der Waals surface area contributed by atoms with Gasteiger partial charge < -0.3 is 10.1 Å². The molecule has 0 saturated heterocycles. The molecule has 0 unspecified atom stereocenters. The summed E-state index contributed by atoms with van der Waals surface area (Å²) in [6.07, 6.45) is 4.04. The average Bonchev–Trinajstić information content (AvgIpc) is 3.09. The van der Waals surface area contributed by atoms with Crippen LogP contribution >= 0.6 is 11.8 Å². The van der Waals surface area contributed by atoms with E-state index in [1.807, 2.05) is 30.3 Å². The number of rotatable bonds is 8. The van der Waals surface area contributed by atoms with E-state index in [2.05, 4.69) is 20.4 Å². The lowest BCUT2D eigenvalue weighted by Gasteiger charge is -2.05. The molecule has 1 aromatic carbocycles. The van der Waals surface area contributed by atoms with Crippen LogP contribution < -0.4 is 5.32 Å². The summed E-state index contributed by atoms with van der Waals surface area (Å²) in [7, 11) is 1.65. The van der Waals surface area contributed by atoms with Gasteiger partial charge >= 0.3 is 0 Å². The maximum Gasteiger partial charge on any atom is 0.230 e. The highest BCUT2D eigenvalue weighted by Crippen LogP contribution is 2.25. The monoisotopic (exact) mass is 357 g/mol. The highest BCUT2D eigenvalue weighted by Gasteiger charge is 2.12. The summed E-state index contributed by atoms with van der Waals surface area (Å²) in [6.45, 7) is 1.25. The Morgan fingerprint density at radius 1 is 1.28 bits per heavy atom. The predicted octanol–water partition coefficient (Wildman–Crippen LogP) is 2.06. The molecular weight excluding hydrogens is 338 g/mol. The van der Waals surface area contributed by atoms with Crippen molar-refractivity contribution in [3.63, 3.8) is 0 Å². The molecule has 0 radical (unpaired) electrons. The topological polar surface area (TPSA) is 81.9 Å². The Bertz CT molecular complexity index is 837. The van der Waals surface area contributed by atoms with Crippen LogP contribution in [0.3, 0.4) is 0 Å². The summed E-state index contributed by atoms with van der Waals surface area (Å²) < 4.78 is 6.73. The molecule has 1 N–H and O–H groups in total. The molecule has 3 aromatic rings. The number of aromatic nitrogens is 4. The van der Waals surface area contributed by atoms with Gasteiger partial charge in [-0.2, -0.15) is 5.10 Å². The summed E-state index contributed by atoms with van der Waals surface area (Å²) in [5.41, 5.74) is 1.66. The van der Waals surface area contributed by atoms with Gasteiger partial charge in [0.1, 0.15) is 11.4 Å². The van der Waals surface area contributed by atoms with Gasteiger partial charge in [-0.1, -0.05) is 30.0 Å². The van der Waals surface area contributed by atoms with Crippen molar-refractivity contribution < 1.29 is 9.53 Å². The number of ether oxygens (including phenoxy) is 1. The molecule has 0 aliphatic rings. The molecule has 3 rings (SSSR count). The Morgan fingerprint density at radius 2 is 2.12 bits per heavy atom. The molecular formula is C17H19N5O2S. The number of thioether (sulfide) groups is 1. The molecule has 0 spiro atoms. The number of para-hydroxylation sites is 1. The SMILES string of the molecule is COCCCNC(=O)CSc1ncnc2c1cnn2-c1ccccc1. The van der Waals surface area contributed by atoms with E-state index in [9.17, 15) is 4.79 Å². The fraction of sp³-hybridized carbons (Fsp3) is 0.294. The molecule has 7 nitrogen and oxygen atoms in total. The molecule has 8 heteroatoms. The van der Waals surface area contributed by atoms with E-state index in [-0.39, 0.29) is 5.91 Å². The second-order valence-corrected chi connectivity index (χ2v) is 6.26. The summed E-state index contributed by atoms with van der Waals surface area (Å²) in [6, 6.07) is 9.79. The predicted molar refractivity (Wildman–Crippen MR) is 96.9 cm³/mol. The van der Waals surface area contributed by atoms with Crippen LogP contribution in [0.2, 0.25) is 0 Å². The maximum atomic E-state index is 11.9. The largest absolute Gasteiger partial charge is 0.385 e. The minimum atomic E-state index is -0.0247. The molecule has 130 valence electrons. The normalized spacial score (nSPS) is 10.9. The molecule has 0 atom stereocenters. The second kappa shape index (κ2) is 8.59. The van der Waals surface area contributed by atoms with Gasteiger partial charge in [-0.25, -0.2) is 14.6 Å². The van der Waals surface area contributed by atoms with Crippen LogP contribution in [0.4, 0.5) is 0 Å². The lowest BCUT2D eigenvalue weighted by Crippen LogP contribution is -2.26. The third-order valence-corrected chi connectivity index (χ3v) is 4.52. The van der Waals surface area contributed by atoms with Crippen molar-refractivity contribution in [2.24, 2.45) is 0 Å². The third kappa shape index (κ3) is 4.34. The first-order valence-electron chi connectivity index (χ1n) is 7.92. The zero-order valence-corrected chi connectivity index (χ0v) is 14.7. The van der Waals surface area contributed by atoms with Gasteiger partial charge in [0.25, 0.3) is 0 Å². The van der Waals surface area contributed by atoms with Crippen LogP contribution in [0, 0.1) is 0 Å². The fourth-order valence-electron chi connectivity index (χ4n) is 2.33. The summed E-state index contributed by atoms with van der Waals surface area (Å²) in [4.78, 5) is 20.5. The molecule has 0 aliphatic carbocycles. The van der Waals surface area contributed by atoms with Crippen LogP contribution in [0.1, 0.15) is 6.42 Å². The smallest absolute Gasteiger partial charge is 0.230 e. The van der Waals surface area contributed by atoms with Crippen LogP contribution in [-0.4, -0.2) is 51.7 Å². The van der Waals surface area contributed by atoms with Crippen LogP contribution in [0.5, 0.6) is 0 Å². The first-order chi connectivity index (χ1) is 12.3. The van der Waals surface area contributed by atoms with Gasteiger partial charge in [0.05, 0.1) is 23.0 Å². The summed E-state index contributed by atoms with van der Waals surface area (Å²) in [5, 5.41) is 8.86. The summed E-state index contributed by atoms with van der Waals surface area (Å²) >= 11 is 1.38. The Balaban J connectivity index is 1.69. The Hall–Kier alpha value is -2.45. The van der Waals surface area contributed by atoms with Crippen molar-refractivity contribution >= 4 is 28.7 Å². The van der Waals surface area contributed by atoms with Gasteiger partial charge in [-0.15, -0.1) is 0 Å². The van der Waals surface area contributed by atoms with Crippen molar-refractivity contribution in [3.8, 4) is 5.69 Å². The van der Waals surface area contributed by atoms with E-state index in [1.165, 1.54) is 18.1 Å². The standard InChI is InChI=1S/C17H19N5O2S/c1-24-9-5-8-18-15(23)11-25-17-14-10-21-22(16(14)19-12-20-17)13-6-3-2-4-7-13/h2-4,6-7,10,12H,5,8-9,11H2,1H3,(H,18,23). The molecule has 0 fully saturated rings. The van der Waals surface area contributed by atoms with Crippen LogP contribution in [0.15, 0.2) is 47.9 Å². The first-order valence-corrected chi connectivity index (χ1v) is 8.90. The number of amides is 1. The number of nitrogens with zero attached hydrogens (tertiary/aromatic N) is 4. The van der Waals surface area contributed by atoms with Gasteiger partial charge in [-0.3, -0.25) is 4.79 Å². The minimum absolute atomic E-state index is 0.0247. The summed E-state index contributed by atoms with van der Waals surface area (Å²) in [5.74, 6) is 0.276. The minimum Gasteiger partial charge on any atom is -0.385 e. The van der Waals surface area contributed by atoms with E-state index < -0.39 is 0 Å². The highest BCUT2D eigenvalue weighted by molar-refractivity contribution is 8.00. The van der Waals surface area contributed by atoms with Crippen molar-refractivity contribution in [1.82, 2.24) is 25.1 Å². The lowest BCUT2D eigenvalue weighted by molar-refractivity contribution is -0.118. The number of methoxy groups -OCH3 is 1. The average molecular weight is 357 g/mol. The van der Waals surface area contributed by atoms with Crippen LogP contribution in [-0.2, 0) is 9.53 Å². The Morgan fingerprint density at radius 3 is 2.92 bits per heavy atom. The van der Waals surface area contributed by atoms with E-state index in [4.69, 9.17) is 4.74 Å². The molecule has 2 heterocycles. The zero-order chi connectivity index (χ0) is 17.5. The molecule has 0 aliphatic heterocycles. The van der Waals surface area contributed by atoms with Gasteiger partial charge in [0.2, 0.25) is 5.91 Å². The highest BCUT2D eigenvalue weighted by atomic mass is 32.2. The second-order valence-electron chi connectivity index (χ2n) is 5.29. The molecule has 1 amide bonds. The molecule has 0 bridgehead atoms. The number of hydrogen-bond acceptors (Lipinski definition) is 6.